The summed E-state index contributed by atoms with van der Waals surface area (Å²) in [6.45, 7) is 2.00. The fraction of sp³-hybridized carbons (Fsp3) is 0.529. The number of aryl methyl sites for hydroxylation is 1. The van der Waals surface area contributed by atoms with Crippen LogP contribution in [0.1, 0.15) is 38.2 Å². The van der Waals surface area contributed by atoms with Crippen LogP contribution >= 0.6 is 15.9 Å². The molecule has 0 aliphatic heterocycles. The number of halogens is 1. The number of carbonyl (C=O) groups is 2. The van der Waals surface area contributed by atoms with Crippen molar-refractivity contribution in [1.29, 1.82) is 0 Å². The summed E-state index contributed by atoms with van der Waals surface area (Å²) in [4.78, 5) is 23.1. The number of carboxylic acids is 1. The molecule has 22 heavy (non-hydrogen) atoms. The fourth-order valence-corrected chi connectivity index (χ4v) is 3.18. The molecule has 0 bridgehead atoms. The highest BCUT2D eigenvalue weighted by Crippen LogP contribution is 2.31. The second-order valence-corrected chi connectivity index (χ2v) is 7.04. The number of hydrogen-bond acceptors (Lipinski definition) is 2. The zero-order valence-electron chi connectivity index (χ0n) is 12.7. The van der Waals surface area contributed by atoms with Crippen molar-refractivity contribution < 1.29 is 14.7 Å². The van der Waals surface area contributed by atoms with Gasteiger partial charge in [-0.05, 0) is 56.7 Å². The van der Waals surface area contributed by atoms with Gasteiger partial charge in [-0.15, -0.1) is 0 Å². The van der Waals surface area contributed by atoms with Gasteiger partial charge in [-0.1, -0.05) is 28.1 Å². The Balaban J connectivity index is 1.74. The lowest BCUT2D eigenvalue weighted by Crippen LogP contribution is -2.37. The van der Waals surface area contributed by atoms with Gasteiger partial charge in [-0.25, -0.2) is 0 Å². The summed E-state index contributed by atoms with van der Waals surface area (Å²) in [7, 11) is 0. The molecule has 1 fully saturated rings. The quantitative estimate of drug-likeness (QED) is 0.809. The molecule has 1 aliphatic rings. The number of aliphatic carboxylic acids is 1. The molecule has 1 aromatic rings. The monoisotopic (exact) mass is 367 g/mol. The first-order valence-corrected chi connectivity index (χ1v) is 8.52. The number of benzene rings is 1. The second-order valence-electron chi connectivity index (χ2n) is 6.12. The van der Waals surface area contributed by atoms with Crippen LogP contribution in [0.4, 0.5) is 0 Å². The van der Waals surface area contributed by atoms with Gasteiger partial charge in [-0.2, -0.15) is 0 Å². The topological polar surface area (TPSA) is 66.4 Å². The molecule has 2 rings (SSSR count). The SMILES string of the molecule is CC(CCc1ccc(Br)cc1)NC(=O)[C@@H]1CC[C@H](C(=O)O)C1. The Labute approximate surface area is 139 Å². The molecule has 0 heterocycles. The molecular weight excluding hydrogens is 346 g/mol. The van der Waals surface area contributed by atoms with Crippen LogP contribution in [0.25, 0.3) is 0 Å². The molecule has 1 amide bonds. The molecule has 0 aromatic heterocycles. The van der Waals surface area contributed by atoms with Crippen molar-refractivity contribution in [3.63, 3.8) is 0 Å². The lowest BCUT2D eigenvalue weighted by molar-refractivity contribution is -0.141. The molecule has 0 radical (unpaired) electrons. The van der Waals surface area contributed by atoms with Crippen molar-refractivity contribution in [2.75, 3.05) is 0 Å². The first kappa shape index (κ1) is 17.0. The summed E-state index contributed by atoms with van der Waals surface area (Å²) in [5.74, 6) is -1.27. The third-order valence-electron chi connectivity index (χ3n) is 4.32. The molecule has 1 saturated carbocycles. The van der Waals surface area contributed by atoms with E-state index in [1.807, 2.05) is 19.1 Å². The summed E-state index contributed by atoms with van der Waals surface area (Å²) >= 11 is 3.41. The maximum absolute atomic E-state index is 12.2. The zero-order chi connectivity index (χ0) is 16.1. The van der Waals surface area contributed by atoms with Gasteiger partial charge in [0.2, 0.25) is 5.91 Å². The molecule has 3 atom stereocenters. The summed E-state index contributed by atoms with van der Waals surface area (Å²) in [5, 5.41) is 12.0. The number of carbonyl (C=O) groups excluding carboxylic acids is 1. The van der Waals surface area contributed by atoms with Gasteiger partial charge in [0, 0.05) is 16.4 Å². The molecular formula is C17H22BrNO3. The number of hydrogen-bond donors (Lipinski definition) is 2. The van der Waals surface area contributed by atoms with E-state index in [1.165, 1.54) is 5.56 Å². The molecule has 4 nitrogen and oxygen atoms in total. The molecule has 120 valence electrons. The molecule has 1 unspecified atom stereocenters. The van der Waals surface area contributed by atoms with E-state index in [9.17, 15) is 9.59 Å². The van der Waals surface area contributed by atoms with E-state index >= 15 is 0 Å². The average Bonchev–Trinajstić information content (AvgIpc) is 2.97. The van der Waals surface area contributed by atoms with E-state index in [4.69, 9.17) is 5.11 Å². The van der Waals surface area contributed by atoms with Crippen LogP contribution in [-0.2, 0) is 16.0 Å². The van der Waals surface area contributed by atoms with Crippen LogP contribution in [-0.4, -0.2) is 23.0 Å². The van der Waals surface area contributed by atoms with Crippen molar-refractivity contribution in [3.8, 4) is 0 Å². The van der Waals surface area contributed by atoms with Crippen molar-refractivity contribution in [2.24, 2.45) is 11.8 Å². The average molecular weight is 368 g/mol. The van der Waals surface area contributed by atoms with E-state index in [0.29, 0.717) is 19.3 Å². The van der Waals surface area contributed by atoms with Gasteiger partial charge in [0.15, 0.2) is 0 Å². The van der Waals surface area contributed by atoms with Gasteiger partial charge in [0.25, 0.3) is 0 Å². The van der Waals surface area contributed by atoms with Gasteiger partial charge in [0.05, 0.1) is 5.92 Å². The normalized spacial score (nSPS) is 22.3. The molecule has 1 aliphatic carbocycles. The summed E-state index contributed by atoms with van der Waals surface area (Å²) in [5.41, 5.74) is 1.25. The largest absolute Gasteiger partial charge is 0.481 e. The predicted molar refractivity (Wildman–Crippen MR) is 88.5 cm³/mol. The first-order valence-electron chi connectivity index (χ1n) is 7.73. The maximum Gasteiger partial charge on any atom is 0.306 e. The number of amides is 1. The van der Waals surface area contributed by atoms with Gasteiger partial charge < -0.3 is 10.4 Å². The number of carboxylic acid groups (broad SMARTS) is 1. The van der Waals surface area contributed by atoms with Gasteiger partial charge >= 0.3 is 5.97 Å². The Morgan fingerprint density at radius 2 is 1.91 bits per heavy atom. The van der Waals surface area contributed by atoms with E-state index in [2.05, 4.69) is 33.4 Å². The lowest BCUT2D eigenvalue weighted by atomic mass is 10.0. The first-order chi connectivity index (χ1) is 10.5. The van der Waals surface area contributed by atoms with Crippen LogP contribution in [0.2, 0.25) is 0 Å². The summed E-state index contributed by atoms with van der Waals surface area (Å²) < 4.78 is 1.06. The Bertz CT molecular complexity index is 529. The third kappa shape index (κ3) is 4.83. The van der Waals surface area contributed by atoms with Crippen LogP contribution in [0.3, 0.4) is 0 Å². The molecule has 0 saturated heterocycles. The highest BCUT2D eigenvalue weighted by molar-refractivity contribution is 9.10. The minimum absolute atomic E-state index is 0.00653. The van der Waals surface area contributed by atoms with Gasteiger partial charge in [-0.3, -0.25) is 9.59 Å². The minimum atomic E-state index is -0.779. The Kier molecular flexibility index (Phi) is 6.00. The van der Waals surface area contributed by atoms with Crippen LogP contribution in [0, 0.1) is 11.8 Å². The van der Waals surface area contributed by atoms with Crippen molar-refractivity contribution in [2.45, 2.75) is 45.1 Å². The fourth-order valence-electron chi connectivity index (χ4n) is 2.91. The van der Waals surface area contributed by atoms with Crippen molar-refractivity contribution in [3.05, 3.63) is 34.3 Å². The van der Waals surface area contributed by atoms with Crippen molar-refractivity contribution >= 4 is 27.8 Å². The lowest BCUT2D eigenvalue weighted by Gasteiger charge is -2.17. The Morgan fingerprint density at radius 1 is 1.27 bits per heavy atom. The molecule has 5 heteroatoms. The van der Waals surface area contributed by atoms with Gasteiger partial charge in [0.1, 0.15) is 0 Å². The van der Waals surface area contributed by atoms with E-state index in [1.54, 1.807) is 0 Å². The summed E-state index contributed by atoms with van der Waals surface area (Å²) in [6, 6.07) is 8.28. The second kappa shape index (κ2) is 7.77. The van der Waals surface area contributed by atoms with E-state index in [-0.39, 0.29) is 23.8 Å². The molecule has 1 aromatic carbocycles. The zero-order valence-corrected chi connectivity index (χ0v) is 14.3. The minimum Gasteiger partial charge on any atom is -0.481 e. The number of rotatable bonds is 6. The van der Waals surface area contributed by atoms with Crippen LogP contribution < -0.4 is 5.32 Å². The molecule has 2 N–H and O–H groups in total. The molecule has 0 spiro atoms. The highest BCUT2D eigenvalue weighted by Gasteiger charge is 2.34. The predicted octanol–water partition coefficient (Wildman–Crippen LogP) is 3.39. The maximum atomic E-state index is 12.2. The van der Waals surface area contributed by atoms with E-state index < -0.39 is 5.97 Å². The smallest absolute Gasteiger partial charge is 0.306 e. The standard InChI is InChI=1S/C17H22BrNO3/c1-11(2-3-12-4-8-15(18)9-5-12)19-16(20)13-6-7-14(10-13)17(21)22/h4-5,8-9,11,13-14H,2-3,6-7,10H2,1H3,(H,19,20)(H,21,22)/t11?,13-,14+/m1/s1. The van der Waals surface area contributed by atoms with Crippen molar-refractivity contribution in [1.82, 2.24) is 5.32 Å². The van der Waals surface area contributed by atoms with Crippen LogP contribution in [0.5, 0.6) is 0 Å². The Hall–Kier alpha value is -1.36. The highest BCUT2D eigenvalue weighted by atomic mass is 79.9. The van der Waals surface area contributed by atoms with Crippen LogP contribution in [0.15, 0.2) is 28.7 Å². The Morgan fingerprint density at radius 3 is 2.50 bits per heavy atom. The number of nitrogens with one attached hydrogen (secondary N) is 1. The summed E-state index contributed by atoms with van der Waals surface area (Å²) in [6.07, 6.45) is 3.56. The third-order valence-corrected chi connectivity index (χ3v) is 4.85. The van der Waals surface area contributed by atoms with E-state index in [0.717, 1.165) is 17.3 Å².